The van der Waals surface area contributed by atoms with Gasteiger partial charge in [0.25, 0.3) is 0 Å². The third kappa shape index (κ3) is 1.44. The summed E-state index contributed by atoms with van der Waals surface area (Å²) < 4.78 is 0. The van der Waals surface area contributed by atoms with E-state index in [9.17, 15) is 5.11 Å². The monoisotopic (exact) mass is 190 g/mol. The molecule has 0 bridgehead atoms. The smallest absolute Gasteiger partial charge is 0.134 e. The predicted octanol–water partition coefficient (Wildman–Crippen LogP) is 3.32. The number of aromatic hydroxyl groups is 1. The van der Waals surface area contributed by atoms with Crippen molar-refractivity contribution in [1.29, 1.82) is 0 Å². The van der Waals surface area contributed by atoms with Crippen molar-refractivity contribution in [2.45, 2.75) is 13.8 Å². The van der Waals surface area contributed by atoms with Crippen LogP contribution in [0.2, 0.25) is 10.0 Å². The van der Waals surface area contributed by atoms with Crippen LogP contribution < -0.4 is 0 Å². The largest absolute Gasteiger partial charge is 0.506 e. The normalized spacial score (nSPS) is 10.2. The Hall–Kier alpha value is -0.400. The van der Waals surface area contributed by atoms with Gasteiger partial charge in [0.05, 0.1) is 5.02 Å². The van der Waals surface area contributed by atoms with E-state index in [1.807, 2.05) is 6.92 Å². The highest BCUT2D eigenvalue weighted by molar-refractivity contribution is 6.37. The van der Waals surface area contributed by atoms with Gasteiger partial charge in [0, 0.05) is 5.02 Å². The SMILES string of the molecule is Cc1cc(O)c(Cl)c(C)c1Cl. The zero-order chi connectivity index (χ0) is 8.59. The molecule has 11 heavy (non-hydrogen) atoms. The molecule has 0 aliphatic rings. The Morgan fingerprint density at radius 2 is 1.73 bits per heavy atom. The van der Waals surface area contributed by atoms with E-state index >= 15 is 0 Å². The lowest BCUT2D eigenvalue weighted by Crippen LogP contribution is -1.83. The summed E-state index contributed by atoms with van der Waals surface area (Å²) in [6, 6.07) is 1.55. The fourth-order valence-corrected chi connectivity index (χ4v) is 1.26. The third-order valence-electron chi connectivity index (χ3n) is 1.58. The molecule has 0 aliphatic heterocycles. The molecule has 0 unspecified atom stereocenters. The van der Waals surface area contributed by atoms with Gasteiger partial charge in [-0.15, -0.1) is 0 Å². The second-order valence-electron chi connectivity index (χ2n) is 2.47. The molecule has 0 atom stereocenters. The van der Waals surface area contributed by atoms with Gasteiger partial charge < -0.3 is 5.11 Å². The van der Waals surface area contributed by atoms with Gasteiger partial charge in [0.1, 0.15) is 5.75 Å². The van der Waals surface area contributed by atoms with Crippen LogP contribution in [0.25, 0.3) is 0 Å². The van der Waals surface area contributed by atoms with E-state index in [-0.39, 0.29) is 5.75 Å². The van der Waals surface area contributed by atoms with Gasteiger partial charge in [-0.2, -0.15) is 0 Å². The number of phenolic OH excluding ortho intramolecular Hbond substituents is 1. The molecule has 1 rings (SSSR count). The Kier molecular flexibility index (Phi) is 2.31. The lowest BCUT2D eigenvalue weighted by Gasteiger charge is -2.05. The summed E-state index contributed by atoms with van der Waals surface area (Å²) in [7, 11) is 0. The molecule has 3 heteroatoms. The number of phenols is 1. The molecule has 0 radical (unpaired) electrons. The summed E-state index contributed by atoms with van der Waals surface area (Å²) in [4.78, 5) is 0. The van der Waals surface area contributed by atoms with Gasteiger partial charge >= 0.3 is 0 Å². The third-order valence-corrected chi connectivity index (χ3v) is 2.64. The van der Waals surface area contributed by atoms with Crippen molar-refractivity contribution in [3.8, 4) is 5.75 Å². The molecule has 0 fully saturated rings. The zero-order valence-corrected chi connectivity index (χ0v) is 7.79. The Labute approximate surface area is 75.6 Å². The molecule has 0 aromatic heterocycles. The first kappa shape index (κ1) is 8.69. The first-order valence-electron chi connectivity index (χ1n) is 3.18. The minimum atomic E-state index is 0.0890. The first-order chi connectivity index (χ1) is 5.04. The van der Waals surface area contributed by atoms with Gasteiger partial charge in [-0.25, -0.2) is 0 Å². The number of halogens is 2. The summed E-state index contributed by atoms with van der Waals surface area (Å²) in [5.74, 6) is 0.0890. The maximum Gasteiger partial charge on any atom is 0.134 e. The Balaban J connectivity index is 3.46. The standard InChI is InChI=1S/C8H8Cl2O/c1-4-3-6(11)8(10)5(2)7(4)9/h3,11H,1-2H3. The van der Waals surface area contributed by atoms with Gasteiger partial charge in [0.2, 0.25) is 0 Å². The summed E-state index contributed by atoms with van der Waals surface area (Å²) in [6.07, 6.45) is 0. The van der Waals surface area contributed by atoms with E-state index in [1.165, 1.54) is 0 Å². The van der Waals surface area contributed by atoms with Crippen LogP contribution in [-0.4, -0.2) is 5.11 Å². The molecule has 1 aromatic rings. The molecular weight excluding hydrogens is 183 g/mol. The molecule has 0 heterocycles. The van der Waals surface area contributed by atoms with Crippen LogP contribution in [0.1, 0.15) is 11.1 Å². The van der Waals surface area contributed by atoms with E-state index in [0.29, 0.717) is 10.0 Å². The Morgan fingerprint density at radius 1 is 1.18 bits per heavy atom. The van der Waals surface area contributed by atoms with E-state index in [2.05, 4.69) is 0 Å². The quantitative estimate of drug-likeness (QED) is 0.666. The molecule has 1 N–H and O–H groups in total. The fraction of sp³-hybridized carbons (Fsp3) is 0.250. The highest BCUT2D eigenvalue weighted by Crippen LogP contribution is 2.34. The van der Waals surface area contributed by atoms with Crippen LogP contribution in [0, 0.1) is 13.8 Å². The van der Waals surface area contributed by atoms with Crippen molar-refractivity contribution in [3.63, 3.8) is 0 Å². The van der Waals surface area contributed by atoms with Crippen LogP contribution in [0.5, 0.6) is 5.75 Å². The topological polar surface area (TPSA) is 20.2 Å². The first-order valence-corrected chi connectivity index (χ1v) is 3.93. The van der Waals surface area contributed by atoms with Crippen LogP contribution in [0.4, 0.5) is 0 Å². The highest BCUT2D eigenvalue weighted by atomic mass is 35.5. The molecular formula is C8H8Cl2O. The molecule has 0 amide bonds. The molecule has 0 spiro atoms. The van der Waals surface area contributed by atoms with Crippen molar-refractivity contribution in [3.05, 3.63) is 27.2 Å². The van der Waals surface area contributed by atoms with Crippen molar-refractivity contribution in [2.24, 2.45) is 0 Å². The van der Waals surface area contributed by atoms with E-state index in [1.54, 1.807) is 13.0 Å². The minimum Gasteiger partial charge on any atom is -0.506 e. The number of hydrogen-bond donors (Lipinski definition) is 1. The molecule has 0 saturated heterocycles. The van der Waals surface area contributed by atoms with Gasteiger partial charge in [-0.1, -0.05) is 23.2 Å². The zero-order valence-electron chi connectivity index (χ0n) is 6.28. The maximum absolute atomic E-state index is 9.21. The van der Waals surface area contributed by atoms with Gasteiger partial charge in [-0.3, -0.25) is 0 Å². The van der Waals surface area contributed by atoms with Crippen molar-refractivity contribution in [1.82, 2.24) is 0 Å². The van der Waals surface area contributed by atoms with Crippen molar-refractivity contribution >= 4 is 23.2 Å². The van der Waals surface area contributed by atoms with Crippen LogP contribution >= 0.6 is 23.2 Å². The van der Waals surface area contributed by atoms with Crippen molar-refractivity contribution in [2.75, 3.05) is 0 Å². The van der Waals surface area contributed by atoms with Gasteiger partial charge in [0.15, 0.2) is 0 Å². The molecule has 0 saturated carbocycles. The number of rotatable bonds is 0. The molecule has 60 valence electrons. The second kappa shape index (κ2) is 2.92. The number of benzene rings is 1. The highest BCUT2D eigenvalue weighted by Gasteiger charge is 2.08. The average Bonchev–Trinajstić information content (AvgIpc) is 1.97. The number of aryl methyl sites for hydroxylation is 1. The molecule has 0 aliphatic carbocycles. The summed E-state index contributed by atoms with van der Waals surface area (Å²) in [6.45, 7) is 3.60. The maximum atomic E-state index is 9.21. The van der Waals surface area contributed by atoms with Crippen LogP contribution in [-0.2, 0) is 0 Å². The summed E-state index contributed by atoms with van der Waals surface area (Å²) in [5.41, 5.74) is 1.57. The number of hydrogen-bond acceptors (Lipinski definition) is 1. The van der Waals surface area contributed by atoms with Crippen LogP contribution in [0.15, 0.2) is 6.07 Å². The van der Waals surface area contributed by atoms with E-state index in [0.717, 1.165) is 11.1 Å². The summed E-state index contributed by atoms with van der Waals surface area (Å²) >= 11 is 11.6. The minimum absolute atomic E-state index is 0.0890. The van der Waals surface area contributed by atoms with E-state index < -0.39 is 0 Å². The average molecular weight is 191 g/mol. The van der Waals surface area contributed by atoms with E-state index in [4.69, 9.17) is 23.2 Å². The van der Waals surface area contributed by atoms with Crippen LogP contribution in [0.3, 0.4) is 0 Å². The second-order valence-corrected chi connectivity index (χ2v) is 3.22. The fourth-order valence-electron chi connectivity index (χ4n) is 0.916. The molecule has 1 nitrogen and oxygen atoms in total. The lowest BCUT2D eigenvalue weighted by molar-refractivity contribution is 0.474. The summed E-state index contributed by atoms with van der Waals surface area (Å²) in [5, 5.41) is 10.2. The molecule has 1 aromatic carbocycles. The lowest BCUT2D eigenvalue weighted by atomic mass is 10.1. The van der Waals surface area contributed by atoms with Gasteiger partial charge in [-0.05, 0) is 31.0 Å². The predicted molar refractivity (Wildman–Crippen MR) is 47.6 cm³/mol. The Morgan fingerprint density at radius 3 is 2.27 bits per heavy atom. The Bertz CT molecular complexity index is 268. The van der Waals surface area contributed by atoms with Crippen molar-refractivity contribution < 1.29 is 5.11 Å².